The van der Waals surface area contributed by atoms with Gasteiger partial charge in [0.1, 0.15) is 0 Å². The van der Waals surface area contributed by atoms with E-state index in [9.17, 15) is 18.0 Å². The Labute approximate surface area is 161 Å². The fourth-order valence-electron chi connectivity index (χ4n) is 2.74. The van der Waals surface area contributed by atoms with Crippen LogP contribution in [0.3, 0.4) is 0 Å². The lowest BCUT2D eigenvalue weighted by Gasteiger charge is -2.14. The Morgan fingerprint density at radius 2 is 1.93 bits per heavy atom. The van der Waals surface area contributed by atoms with Gasteiger partial charge in [-0.1, -0.05) is 12.1 Å². The highest BCUT2D eigenvalue weighted by Gasteiger charge is 2.30. The molecular weight excluding hydrogens is 427 g/mol. The molecule has 9 heteroatoms. The molecule has 1 unspecified atom stereocenters. The number of carbonyl (C=O) groups is 1. The molecular formula is C18H15BrF3N3O2. The number of hydrogen-bond acceptors (Lipinski definition) is 4. The average molecular weight is 442 g/mol. The normalized spacial score (nSPS) is 13.0. The highest BCUT2D eigenvalue weighted by molar-refractivity contribution is 9.10. The van der Waals surface area contributed by atoms with Crippen LogP contribution in [-0.2, 0) is 15.7 Å². The molecule has 0 N–H and O–H groups in total. The van der Waals surface area contributed by atoms with E-state index in [0.29, 0.717) is 26.9 Å². The van der Waals surface area contributed by atoms with E-state index in [1.165, 1.54) is 29.0 Å². The minimum absolute atomic E-state index is 0.255. The third-order valence-electron chi connectivity index (χ3n) is 4.09. The molecule has 1 aromatic carbocycles. The number of ether oxygens (including phenoxy) is 1. The van der Waals surface area contributed by atoms with E-state index in [1.807, 2.05) is 0 Å². The second-order valence-corrected chi connectivity index (χ2v) is 6.69. The molecule has 0 bridgehead atoms. The molecule has 0 radical (unpaired) electrons. The fraction of sp³-hybridized carbons (Fsp3) is 0.278. The van der Waals surface area contributed by atoms with Crippen molar-refractivity contribution < 1.29 is 22.7 Å². The number of aromatic nitrogens is 3. The van der Waals surface area contributed by atoms with Crippen molar-refractivity contribution in [3.63, 3.8) is 0 Å². The van der Waals surface area contributed by atoms with Crippen LogP contribution >= 0.6 is 15.9 Å². The van der Waals surface area contributed by atoms with E-state index in [4.69, 9.17) is 4.74 Å². The van der Waals surface area contributed by atoms with Gasteiger partial charge in [-0.15, -0.1) is 0 Å². The molecule has 3 aromatic rings. The highest BCUT2D eigenvalue weighted by atomic mass is 79.9. The molecule has 0 spiro atoms. The molecule has 0 amide bonds. The van der Waals surface area contributed by atoms with Crippen molar-refractivity contribution in [2.24, 2.45) is 0 Å². The monoisotopic (exact) mass is 441 g/mol. The summed E-state index contributed by atoms with van der Waals surface area (Å²) in [5, 5.41) is 4.28. The number of halogens is 4. The predicted molar refractivity (Wildman–Crippen MR) is 96.2 cm³/mol. The maximum atomic E-state index is 12.8. The van der Waals surface area contributed by atoms with E-state index >= 15 is 0 Å². The fourth-order valence-corrected chi connectivity index (χ4v) is 3.35. The van der Waals surface area contributed by atoms with Crippen LogP contribution in [0.5, 0.6) is 0 Å². The summed E-state index contributed by atoms with van der Waals surface area (Å²) >= 11 is 3.38. The van der Waals surface area contributed by atoms with Gasteiger partial charge < -0.3 is 4.74 Å². The smallest absolute Gasteiger partial charge is 0.416 e. The van der Waals surface area contributed by atoms with Crippen molar-refractivity contribution in [3.05, 3.63) is 52.4 Å². The van der Waals surface area contributed by atoms with Gasteiger partial charge in [0, 0.05) is 11.8 Å². The standard InChI is InChI=1S/C18H15BrF3N3O2/c1-3-27-17(26)10(2)15-14(19)9-23-16-13(8-24-25(15)16)11-4-6-12(7-5-11)18(20,21)22/h4-10H,3H2,1-2H3. The SMILES string of the molecule is CCOC(=O)C(C)c1c(Br)cnc2c(-c3ccc(C(F)(F)F)cc3)cnn12. The highest BCUT2D eigenvalue weighted by Crippen LogP contribution is 2.33. The number of hydrogen-bond donors (Lipinski definition) is 0. The summed E-state index contributed by atoms with van der Waals surface area (Å²) in [7, 11) is 0. The number of esters is 1. The van der Waals surface area contributed by atoms with Crippen molar-refractivity contribution in [2.45, 2.75) is 25.9 Å². The topological polar surface area (TPSA) is 56.5 Å². The third kappa shape index (κ3) is 3.69. The van der Waals surface area contributed by atoms with Gasteiger partial charge in [0.15, 0.2) is 5.65 Å². The largest absolute Gasteiger partial charge is 0.465 e. The lowest BCUT2D eigenvalue weighted by molar-refractivity contribution is -0.144. The summed E-state index contributed by atoms with van der Waals surface area (Å²) in [5.41, 5.74) is 1.37. The first-order chi connectivity index (χ1) is 12.7. The van der Waals surface area contributed by atoms with E-state index in [-0.39, 0.29) is 6.61 Å². The summed E-state index contributed by atoms with van der Waals surface area (Å²) < 4.78 is 45.4. The predicted octanol–water partition coefficient (Wildman–Crippen LogP) is 4.84. The summed E-state index contributed by atoms with van der Waals surface area (Å²) in [6.07, 6.45) is -1.35. The second-order valence-electron chi connectivity index (χ2n) is 5.83. The third-order valence-corrected chi connectivity index (χ3v) is 4.70. The Kier molecular flexibility index (Phi) is 5.23. The lowest BCUT2D eigenvalue weighted by Crippen LogP contribution is -2.17. The van der Waals surface area contributed by atoms with Gasteiger partial charge in [0.25, 0.3) is 0 Å². The molecule has 2 aromatic heterocycles. The van der Waals surface area contributed by atoms with Gasteiger partial charge in [-0.2, -0.15) is 18.3 Å². The number of fused-ring (bicyclic) bond motifs is 1. The van der Waals surface area contributed by atoms with Crippen molar-refractivity contribution in [1.29, 1.82) is 0 Å². The first-order valence-corrected chi connectivity index (χ1v) is 8.89. The molecule has 3 rings (SSSR count). The molecule has 142 valence electrons. The van der Waals surface area contributed by atoms with Crippen LogP contribution in [0, 0.1) is 0 Å². The Morgan fingerprint density at radius 1 is 1.26 bits per heavy atom. The van der Waals surface area contributed by atoms with Gasteiger partial charge in [-0.3, -0.25) is 4.79 Å². The number of alkyl halides is 3. The van der Waals surface area contributed by atoms with Crippen LogP contribution < -0.4 is 0 Å². The average Bonchev–Trinajstić information content (AvgIpc) is 3.04. The quantitative estimate of drug-likeness (QED) is 0.543. The van der Waals surface area contributed by atoms with Gasteiger partial charge in [-0.05, 0) is 47.5 Å². The van der Waals surface area contributed by atoms with E-state index in [1.54, 1.807) is 13.8 Å². The zero-order chi connectivity index (χ0) is 19.8. The van der Waals surface area contributed by atoms with Crippen molar-refractivity contribution in [1.82, 2.24) is 14.6 Å². The maximum Gasteiger partial charge on any atom is 0.416 e. The van der Waals surface area contributed by atoms with Crippen LogP contribution in [0.4, 0.5) is 13.2 Å². The molecule has 5 nitrogen and oxygen atoms in total. The number of rotatable bonds is 4. The van der Waals surface area contributed by atoms with E-state index < -0.39 is 23.6 Å². The molecule has 0 aliphatic carbocycles. The van der Waals surface area contributed by atoms with Crippen LogP contribution in [-0.4, -0.2) is 27.2 Å². The summed E-state index contributed by atoms with van der Waals surface area (Å²) in [4.78, 5) is 16.5. The first-order valence-electron chi connectivity index (χ1n) is 8.10. The molecule has 0 fully saturated rings. The van der Waals surface area contributed by atoms with E-state index in [2.05, 4.69) is 26.0 Å². The molecule has 27 heavy (non-hydrogen) atoms. The van der Waals surface area contributed by atoms with Crippen molar-refractivity contribution in [3.8, 4) is 11.1 Å². The van der Waals surface area contributed by atoms with E-state index in [0.717, 1.165) is 12.1 Å². The summed E-state index contributed by atoms with van der Waals surface area (Å²) in [6.45, 7) is 3.67. The molecule has 0 aliphatic heterocycles. The molecule has 0 saturated heterocycles. The zero-order valence-corrected chi connectivity index (χ0v) is 16.0. The maximum absolute atomic E-state index is 12.8. The summed E-state index contributed by atoms with van der Waals surface area (Å²) in [5.74, 6) is -1.01. The molecule has 2 heterocycles. The Morgan fingerprint density at radius 3 is 2.52 bits per heavy atom. The van der Waals surface area contributed by atoms with Gasteiger partial charge in [0.2, 0.25) is 0 Å². The summed E-state index contributed by atoms with van der Waals surface area (Å²) in [6, 6.07) is 4.77. The Balaban J connectivity index is 2.08. The van der Waals surface area contributed by atoms with Crippen LogP contribution in [0.15, 0.2) is 41.1 Å². The molecule has 1 atom stereocenters. The molecule has 0 aliphatic rings. The van der Waals surface area contributed by atoms with Crippen LogP contribution in [0.25, 0.3) is 16.8 Å². The number of nitrogens with zero attached hydrogens (tertiary/aromatic N) is 3. The second kappa shape index (κ2) is 7.30. The number of carbonyl (C=O) groups excluding carboxylic acids is 1. The first kappa shape index (κ1) is 19.3. The van der Waals surface area contributed by atoms with Crippen LogP contribution in [0.2, 0.25) is 0 Å². The minimum atomic E-state index is -4.40. The lowest BCUT2D eigenvalue weighted by atomic mass is 10.1. The number of benzene rings is 1. The zero-order valence-electron chi connectivity index (χ0n) is 14.4. The van der Waals surface area contributed by atoms with Gasteiger partial charge in [-0.25, -0.2) is 9.50 Å². The van der Waals surface area contributed by atoms with Crippen molar-refractivity contribution >= 4 is 27.5 Å². The minimum Gasteiger partial charge on any atom is -0.465 e. The molecule has 0 saturated carbocycles. The Bertz CT molecular complexity index is 984. The van der Waals surface area contributed by atoms with Gasteiger partial charge in [0.05, 0.1) is 34.5 Å². The Hall–Kier alpha value is -2.42. The van der Waals surface area contributed by atoms with Gasteiger partial charge >= 0.3 is 12.1 Å². The van der Waals surface area contributed by atoms with Crippen LogP contribution in [0.1, 0.15) is 31.0 Å². The van der Waals surface area contributed by atoms with Crippen molar-refractivity contribution in [2.75, 3.05) is 6.61 Å².